The molecule has 3 heterocycles. The molecule has 0 aliphatic carbocycles. The normalized spacial score (nSPS) is 18.7. The minimum Gasteiger partial charge on any atom is -0.361 e. The Bertz CT molecular complexity index is 778. The molecule has 1 aromatic carbocycles. The van der Waals surface area contributed by atoms with E-state index in [0.717, 1.165) is 38.9 Å². The number of hydrogen-bond donors (Lipinski definition) is 0. The van der Waals surface area contributed by atoms with Crippen LogP contribution >= 0.6 is 0 Å². The highest BCUT2D eigenvalue weighted by atomic mass is 16.5. The summed E-state index contributed by atoms with van der Waals surface area (Å²) in [5.74, 6) is 1.35. The summed E-state index contributed by atoms with van der Waals surface area (Å²) < 4.78 is 5.16. The second kappa shape index (κ2) is 8.48. The van der Waals surface area contributed by atoms with Gasteiger partial charge in [0.1, 0.15) is 11.3 Å². The first-order chi connectivity index (χ1) is 13.6. The van der Waals surface area contributed by atoms with Crippen LogP contribution in [-0.2, 0) is 13.0 Å². The van der Waals surface area contributed by atoms with E-state index in [1.54, 1.807) is 0 Å². The van der Waals surface area contributed by atoms with Crippen molar-refractivity contribution >= 4 is 5.91 Å². The molecule has 0 bridgehead atoms. The van der Waals surface area contributed by atoms with Crippen LogP contribution in [0.15, 0.2) is 28.8 Å². The molecule has 0 N–H and O–H groups in total. The predicted molar refractivity (Wildman–Crippen MR) is 109 cm³/mol. The van der Waals surface area contributed by atoms with Crippen LogP contribution in [0.3, 0.4) is 0 Å². The second-order valence-electron chi connectivity index (χ2n) is 8.44. The summed E-state index contributed by atoms with van der Waals surface area (Å²) in [5, 5.41) is 3.92. The Kier molecular flexibility index (Phi) is 5.81. The van der Waals surface area contributed by atoms with Crippen molar-refractivity contribution < 1.29 is 9.32 Å². The van der Waals surface area contributed by atoms with E-state index in [1.165, 1.54) is 37.1 Å². The van der Waals surface area contributed by atoms with Gasteiger partial charge >= 0.3 is 0 Å². The van der Waals surface area contributed by atoms with Crippen LogP contribution in [0, 0.1) is 19.8 Å². The molecule has 2 aliphatic heterocycles. The van der Waals surface area contributed by atoms with Crippen LogP contribution in [0.1, 0.15) is 58.6 Å². The number of carbonyl (C=O) groups excluding carboxylic acids is 1. The maximum atomic E-state index is 12.8. The standard InChI is InChI=1S/C23H31N3O2/c1-17-22(18(2)28-24-17)23(27)26-13-9-20(10-14-26)15-19-5-7-21(8-6-19)16-25-11-3-4-12-25/h5-8,20H,3-4,9-16H2,1-2H3. The molecular weight excluding hydrogens is 350 g/mol. The summed E-state index contributed by atoms with van der Waals surface area (Å²) in [6, 6.07) is 9.19. The fraction of sp³-hybridized carbons (Fsp3) is 0.565. The van der Waals surface area contributed by atoms with Crippen molar-refractivity contribution in [3.8, 4) is 0 Å². The molecule has 0 radical (unpaired) electrons. The van der Waals surface area contributed by atoms with Gasteiger partial charge in [-0.05, 0) is 76.1 Å². The smallest absolute Gasteiger partial charge is 0.259 e. The molecule has 2 aromatic rings. The Balaban J connectivity index is 1.28. The maximum absolute atomic E-state index is 12.8. The highest BCUT2D eigenvalue weighted by Gasteiger charge is 2.27. The minimum absolute atomic E-state index is 0.0703. The number of rotatable bonds is 5. The van der Waals surface area contributed by atoms with Crippen LogP contribution in [0.4, 0.5) is 0 Å². The number of piperidine rings is 1. The molecular formula is C23H31N3O2. The van der Waals surface area contributed by atoms with Crippen molar-refractivity contribution in [3.05, 3.63) is 52.4 Å². The van der Waals surface area contributed by atoms with Crippen molar-refractivity contribution in [2.24, 2.45) is 5.92 Å². The van der Waals surface area contributed by atoms with E-state index in [4.69, 9.17) is 4.52 Å². The third-order valence-corrected chi connectivity index (χ3v) is 6.30. The maximum Gasteiger partial charge on any atom is 0.259 e. The van der Waals surface area contributed by atoms with Gasteiger partial charge in [-0.2, -0.15) is 0 Å². The van der Waals surface area contributed by atoms with Gasteiger partial charge < -0.3 is 9.42 Å². The van der Waals surface area contributed by atoms with Crippen LogP contribution in [0.2, 0.25) is 0 Å². The van der Waals surface area contributed by atoms with Gasteiger partial charge in [0.05, 0.1) is 5.69 Å². The van der Waals surface area contributed by atoms with E-state index >= 15 is 0 Å². The molecule has 4 rings (SSSR count). The first kappa shape index (κ1) is 19.2. The Morgan fingerprint density at radius 2 is 1.68 bits per heavy atom. The van der Waals surface area contributed by atoms with Crippen molar-refractivity contribution in [1.29, 1.82) is 0 Å². The average molecular weight is 382 g/mol. The van der Waals surface area contributed by atoms with E-state index in [1.807, 2.05) is 18.7 Å². The fourth-order valence-electron chi connectivity index (χ4n) is 4.60. The van der Waals surface area contributed by atoms with E-state index in [0.29, 0.717) is 22.9 Å². The summed E-state index contributed by atoms with van der Waals surface area (Å²) in [6.45, 7) is 8.86. The SMILES string of the molecule is Cc1noc(C)c1C(=O)N1CCC(Cc2ccc(CN3CCCC3)cc2)CC1. The minimum atomic E-state index is 0.0703. The zero-order valence-corrected chi connectivity index (χ0v) is 17.1. The van der Waals surface area contributed by atoms with Gasteiger partial charge in [0.25, 0.3) is 5.91 Å². The number of likely N-dealkylation sites (tertiary alicyclic amines) is 2. The van der Waals surface area contributed by atoms with Gasteiger partial charge in [-0.25, -0.2) is 0 Å². The van der Waals surface area contributed by atoms with E-state index in [9.17, 15) is 4.79 Å². The molecule has 1 aromatic heterocycles. The summed E-state index contributed by atoms with van der Waals surface area (Å²) in [5.41, 5.74) is 4.18. The van der Waals surface area contributed by atoms with E-state index < -0.39 is 0 Å². The predicted octanol–water partition coefficient (Wildman–Crippen LogP) is 3.98. The largest absolute Gasteiger partial charge is 0.361 e. The van der Waals surface area contributed by atoms with Gasteiger partial charge in [-0.3, -0.25) is 9.69 Å². The van der Waals surface area contributed by atoms with Crippen molar-refractivity contribution in [1.82, 2.24) is 15.0 Å². The number of nitrogens with zero attached hydrogens (tertiary/aromatic N) is 3. The van der Waals surface area contributed by atoms with Crippen molar-refractivity contribution in [2.75, 3.05) is 26.2 Å². The Hall–Kier alpha value is -2.14. The van der Waals surface area contributed by atoms with Gasteiger partial charge in [-0.1, -0.05) is 29.4 Å². The molecule has 2 fully saturated rings. The summed E-state index contributed by atoms with van der Waals surface area (Å²) in [7, 11) is 0. The van der Waals surface area contributed by atoms with Crippen LogP contribution in [0.5, 0.6) is 0 Å². The summed E-state index contributed by atoms with van der Waals surface area (Å²) in [4.78, 5) is 17.3. The van der Waals surface area contributed by atoms with E-state index in [2.05, 4.69) is 34.3 Å². The van der Waals surface area contributed by atoms with Crippen LogP contribution < -0.4 is 0 Å². The molecule has 5 nitrogen and oxygen atoms in total. The zero-order valence-electron chi connectivity index (χ0n) is 17.1. The van der Waals surface area contributed by atoms with E-state index in [-0.39, 0.29) is 5.91 Å². The molecule has 0 spiro atoms. The monoisotopic (exact) mass is 381 g/mol. The Morgan fingerprint density at radius 1 is 1.04 bits per heavy atom. The third-order valence-electron chi connectivity index (χ3n) is 6.30. The second-order valence-corrected chi connectivity index (χ2v) is 8.44. The highest BCUT2D eigenvalue weighted by molar-refractivity contribution is 5.96. The zero-order chi connectivity index (χ0) is 19.5. The quantitative estimate of drug-likeness (QED) is 0.786. The number of carbonyl (C=O) groups is 1. The molecule has 0 saturated carbocycles. The summed E-state index contributed by atoms with van der Waals surface area (Å²) in [6.07, 6.45) is 5.91. The molecule has 0 unspecified atom stereocenters. The molecule has 5 heteroatoms. The number of aromatic nitrogens is 1. The van der Waals surface area contributed by atoms with Crippen LogP contribution in [-0.4, -0.2) is 47.0 Å². The first-order valence-electron chi connectivity index (χ1n) is 10.6. The first-order valence-corrected chi connectivity index (χ1v) is 10.6. The number of aryl methyl sites for hydroxylation is 2. The Labute approximate surface area is 167 Å². The number of amides is 1. The summed E-state index contributed by atoms with van der Waals surface area (Å²) >= 11 is 0. The lowest BCUT2D eigenvalue weighted by Gasteiger charge is -2.32. The highest BCUT2D eigenvalue weighted by Crippen LogP contribution is 2.25. The van der Waals surface area contributed by atoms with Crippen LogP contribution in [0.25, 0.3) is 0 Å². The van der Waals surface area contributed by atoms with Gasteiger partial charge in [0, 0.05) is 19.6 Å². The lowest BCUT2D eigenvalue weighted by molar-refractivity contribution is 0.0688. The lowest BCUT2D eigenvalue weighted by Crippen LogP contribution is -2.39. The molecule has 28 heavy (non-hydrogen) atoms. The van der Waals surface area contributed by atoms with Gasteiger partial charge in [-0.15, -0.1) is 0 Å². The average Bonchev–Trinajstić information content (AvgIpc) is 3.33. The van der Waals surface area contributed by atoms with Gasteiger partial charge in [0.15, 0.2) is 0 Å². The van der Waals surface area contributed by atoms with Gasteiger partial charge in [0.2, 0.25) is 0 Å². The molecule has 1 amide bonds. The van der Waals surface area contributed by atoms with Crippen molar-refractivity contribution in [3.63, 3.8) is 0 Å². The molecule has 2 saturated heterocycles. The molecule has 2 aliphatic rings. The van der Waals surface area contributed by atoms with Crippen molar-refractivity contribution in [2.45, 2.75) is 52.5 Å². The molecule has 0 atom stereocenters. The number of benzene rings is 1. The fourth-order valence-corrected chi connectivity index (χ4v) is 4.60. The topological polar surface area (TPSA) is 49.6 Å². The molecule has 150 valence electrons. The Morgan fingerprint density at radius 3 is 2.29 bits per heavy atom. The lowest BCUT2D eigenvalue weighted by atomic mass is 9.89. The number of hydrogen-bond acceptors (Lipinski definition) is 4. The third kappa shape index (κ3) is 4.30.